The lowest BCUT2D eigenvalue weighted by molar-refractivity contribution is 0.467. The van der Waals surface area contributed by atoms with E-state index in [1.54, 1.807) is 0 Å². The monoisotopic (exact) mass is 1010 g/mol. The molecule has 0 amide bonds. The molecule has 0 fully saturated rings. The lowest BCUT2D eigenvalue weighted by atomic mass is 9.98. The maximum absolute atomic E-state index is 7.45. The van der Waals surface area contributed by atoms with Gasteiger partial charge in [0, 0.05) is 77.2 Å². The van der Waals surface area contributed by atoms with Crippen LogP contribution in [0.5, 0.6) is 34.5 Å². The van der Waals surface area contributed by atoms with Gasteiger partial charge in [-0.25, -0.2) is 0 Å². The van der Waals surface area contributed by atoms with Crippen LogP contribution in [-0.2, 0) is 19.3 Å². The van der Waals surface area contributed by atoms with E-state index < -0.39 is 25.6 Å². The molecule has 8 aromatic rings. The number of aryl methyl sites for hydroxylation is 3. The van der Waals surface area contributed by atoms with Crippen molar-refractivity contribution in [2.45, 2.75) is 53.9 Å². The van der Waals surface area contributed by atoms with Gasteiger partial charge in [-0.15, -0.1) is 0 Å². The third kappa shape index (κ3) is 9.25. The molecule has 72 heavy (non-hydrogen) atoms. The molecule has 3 unspecified atom stereocenters. The fourth-order valence-electron chi connectivity index (χ4n) is 9.47. The van der Waals surface area contributed by atoms with Gasteiger partial charge < -0.3 is 27.1 Å². The Balaban J connectivity index is 1.12. The molecule has 360 valence electrons. The van der Waals surface area contributed by atoms with Crippen molar-refractivity contribution in [2.75, 3.05) is 0 Å². The summed E-state index contributed by atoms with van der Waals surface area (Å²) in [7, 11) is -5.45. The van der Waals surface area contributed by atoms with Crippen molar-refractivity contribution in [2.24, 2.45) is 0 Å². The molecule has 0 bridgehead atoms. The highest BCUT2D eigenvalue weighted by molar-refractivity contribution is 7.47. The summed E-state index contributed by atoms with van der Waals surface area (Å²) in [6.45, 7) is 22.4. The van der Waals surface area contributed by atoms with E-state index in [0.717, 1.165) is 101 Å². The van der Waals surface area contributed by atoms with E-state index in [4.69, 9.17) is 27.1 Å². The van der Waals surface area contributed by atoms with E-state index in [1.807, 2.05) is 80.6 Å². The van der Waals surface area contributed by atoms with E-state index in [1.165, 1.54) is 0 Å². The predicted molar refractivity (Wildman–Crippen MR) is 298 cm³/mol. The first-order valence-corrected chi connectivity index (χ1v) is 27.3. The molecule has 0 spiro atoms. The summed E-state index contributed by atoms with van der Waals surface area (Å²) in [6.07, 6.45) is 22.1. The van der Waals surface area contributed by atoms with Gasteiger partial charge in [-0.2, -0.15) is 0 Å². The minimum atomic E-state index is -1.83. The first-order valence-electron chi connectivity index (χ1n) is 23.9. The van der Waals surface area contributed by atoms with Crippen molar-refractivity contribution < 1.29 is 27.1 Å². The van der Waals surface area contributed by atoms with E-state index in [9.17, 15) is 0 Å². The number of hydrogen-bond donors (Lipinski definition) is 0. The Morgan fingerprint density at radius 3 is 1.19 bits per heavy atom. The first kappa shape index (κ1) is 47.1. The molecule has 11 rings (SSSR count). The smallest absolute Gasteiger partial charge is 0.421 e. The second kappa shape index (κ2) is 19.7. The van der Waals surface area contributed by atoms with Crippen molar-refractivity contribution in [1.82, 2.24) is 13.0 Å². The third-order valence-electron chi connectivity index (χ3n) is 12.8. The van der Waals surface area contributed by atoms with Crippen LogP contribution in [0.4, 0.5) is 0 Å². The highest BCUT2D eigenvalue weighted by atomic mass is 31.2. The van der Waals surface area contributed by atoms with Crippen LogP contribution in [0.25, 0.3) is 41.5 Å². The quantitative estimate of drug-likeness (QED) is 0.114. The molecule has 0 N–H and O–H groups in total. The zero-order valence-corrected chi connectivity index (χ0v) is 43.6. The summed E-state index contributed by atoms with van der Waals surface area (Å²) >= 11 is 0. The van der Waals surface area contributed by atoms with Gasteiger partial charge in [-0.05, 0) is 158 Å². The SMILES string of the molecule is C=Cc1ccc2c(c1)Cc1cc(C)cn1P(Oc1cc(/C=C/C)ccc1-c1c(OP3Oc4ccc(C=C)cc4Cc4cc(C)cn43)cc(/C=C/C)cc1OP1Oc3ccc(C=C)cc3Cc3cc(C)cn31)O2. The lowest BCUT2D eigenvalue weighted by Crippen LogP contribution is -2.08. The largest absolute Gasteiger partial charge is 0.422 e. The van der Waals surface area contributed by atoms with E-state index in [-0.39, 0.29) is 0 Å². The van der Waals surface area contributed by atoms with E-state index in [2.05, 4.69) is 151 Å². The Morgan fingerprint density at radius 1 is 0.444 bits per heavy atom. The summed E-state index contributed by atoms with van der Waals surface area (Å²) in [5.41, 5.74) is 16.1. The van der Waals surface area contributed by atoms with Gasteiger partial charge in [0.25, 0.3) is 0 Å². The summed E-state index contributed by atoms with van der Waals surface area (Å²) in [4.78, 5) is 0. The summed E-state index contributed by atoms with van der Waals surface area (Å²) in [5, 5.41) is 0. The zero-order chi connectivity index (χ0) is 49.6. The van der Waals surface area contributed by atoms with Gasteiger partial charge in [-0.3, -0.25) is 13.0 Å². The molecule has 9 nitrogen and oxygen atoms in total. The predicted octanol–water partition coefficient (Wildman–Crippen LogP) is 17.1. The summed E-state index contributed by atoms with van der Waals surface area (Å²) in [5.74, 6) is 3.94. The number of nitrogens with zero attached hydrogens (tertiary/aromatic N) is 3. The molecular weight excluding hydrogens is 952 g/mol. The Morgan fingerprint density at radius 2 is 0.806 bits per heavy atom. The van der Waals surface area contributed by atoms with E-state index >= 15 is 0 Å². The van der Waals surface area contributed by atoms with E-state index in [0.29, 0.717) is 42.1 Å². The minimum Gasteiger partial charge on any atom is -0.422 e. The first-order chi connectivity index (χ1) is 35.1. The summed E-state index contributed by atoms with van der Waals surface area (Å²) < 4.78 is 49.8. The van der Waals surface area contributed by atoms with Crippen molar-refractivity contribution in [3.05, 3.63) is 232 Å². The molecule has 0 radical (unpaired) electrons. The highest BCUT2D eigenvalue weighted by Crippen LogP contribution is 2.58. The van der Waals surface area contributed by atoms with Crippen LogP contribution in [0.15, 0.2) is 154 Å². The number of rotatable bonds is 12. The van der Waals surface area contributed by atoms with Crippen LogP contribution in [0, 0.1) is 20.8 Å². The van der Waals surface area contributed by atoms with Crippen LogP contribution >= 0.6 is 25.6 Å². The normalized spacial score (nSPS) is 16.5. The number of fused-ring (bicyclic) bond motifs is 6. The number of aromatic nitrogens is 3. The third-order valence-corrected chi connectivity index (χ3v) is 17.1. The molecule has 0 aliphatic carbocycles. The molecule has 6 heterocycles. The van der Waals surface area contributed by atoms with Crippen molar-refractivity contribution in [1.29, 1.82) is 0 Å². The topological polar surface area (TPSA) is 70.2 Å². The van der Waals surface area contributed by atoms with Gasteiger partial charge in [-0.1, -0.05) is 86.5 Å². The van der Waals surface area contributed by atoms with Crippen LogP contribution in [0.1, 0.15) is 92.1 Å². The molecule has 12 heteroatoms. The molecule has 3 aliphatic heterocycles. The second-order valence-electron chi connectivity index (χ2n) is 18.2. The Kier molecular flexibility index (Phi) is 12.9. The number of hydrogen-bond acceptors (Lipinski definition) is 6. The fraction of sp³-hybridized carbons (Fsp3) is 0.133. The van der Waals surface area contributed by atoms with Crippen LogP contribution < -0.4 is 27.1 Å². The van der Waals surface area contributed by atoms with Crippen LogP contribution in [-0.4, -0.2) is 13.0 Å². The van der Waals surface area contributed by atoms with Crippen molar-refractivity contribution in [3.8, 4) is 45.6 Å². The van der Waals surface area contributed by atoms with Gasteiger partial charge in [0.2, 0.25) is 0 Å². The molecule has 0 saturated heterocycles. The van der Waals surface area contributed by atoms with Crippen LogP contribution in [0.2, 0.25) is 0 Å². The Labute approximate surface area is 425 Å². The maximum Gasteiger partial charge on any atom is 0.421 e. The molecular formula is C60H54N3O6P3. The standard InChI is InChI=1S/C60H54N3O6P3/c1-9-14-45-16-20-53(57(30-45)67-70-61-36-39(6)24-50(61)33-47-27-42(11-3)17-21-54(47)64-70)60-58(68-71-62-37-40(7)25-51(62)34-48-28-43(12-4)18-22-55(48)65-71)31-46(15-10-2)32-59(60)69-72-63-38-41(8)26-52(63)35-49-29-44(13-5)19-23-56(49)66-72/h9-32,36-38H,3-5,33-35H2,1-2,6-8H3/b14-9+,15-10+. The average molecular weight is 1010 g/mol. The van der Waals surface area contributed by atoms with Crippen molar-refractivity contribution >= 4 is 56.0 Å². The fourth-order valence-corrected chi connectivity index (χ4v) is 13.9. The Hall–Kier alpha value is -7.27. The number of allylic oxidation sites excluding steroid dienone is 2. The van der Waals surface area contributed by atoms with Gasteiger partial charge in [0.1, 0.15) is 34.5 Å². The van der Waals surface area contributed by atoms with Gasteiger partial charge in [0.05, 0.1) is 5.56 Å². The molecule has 0 saturated carbocycles. The number of benzene rings is 5. The second-order valence-corrected chi connectivity index (χ2v) is 22.0. The zero-order valence-electron chi connectivity index (χ0n) is 41.0. The minimum absolute atomic E-state index is 0.540. The van der Waals surface area contributed by atoms with Crippen molar-refractivity contribution in [3.63, 3.8) is 0 Å². The maximum atomic E-state index is 7.45. The Bertz CT molecular complexity index is 3390. The molecule has 3 atom stereocenters. The average Bonchev–Trinajstić information content (AvgIpc) is 3.97. The van der Waals surface area contributed by atoms with Crippen LogP contribution in [0.3, 0.4) is 0 Å². The highest BCUT2D eigenvalue weighted by Gasteiger charge is 2.35. The molecule has 5 aromatic carbocycles. The van der Waals surface area contributed by atoms with Gasteiger partial charge in [0.15, 0.2) is 0 Å². The molecule has 3 aromatic heterocycles. The molecule has 3 aliphatic rings. The summed E-state index contributed by atoms with van der Waals surface area (Å²) in [6, 6.07) is 35.6. The lowest BCUT2D eigenvalue weighted by Gasteiger charge is -2.26. The van der Waals surface area contributed by atoms with Gasteiger partial charge >= 0.3 is 25.6 Å².